The summed E-state index contributed by atoms with van der Waals surface area (Å²) in [4.78, 5) is 23.1. The molecule has 92 valence electrons. The van der Waals surface area contributed by atoms with Gasteiger partial charge >= 0.3 is 5.97 Å². The second kappa shape index (κ2) is 4.67. The Bertz CT molecular complexity index is 408. The second-order valence-electron chi connectivity index (χ2n) is 4.85. The van der Waals surface area contributed by atoms with Crippen molar-refractivity contribution in [3.05, 3.63) is 35.9 Å². The van der Waals surface area contributed by atoms with Gasteiger partial charge in [0.2, 0.25) is 0 Å². The van der Waals surface area contributed by atoms with E-state index in [0.717, 1.165) is 0 Å². The predicted octanol–water partition coefficient (Wildman–Crippen LogP) is 1.38. The van der Waals surface area contributed by atoms with Gasteiger partial charge in [-0.05, 0) is 26.3 Å². The van der Waals surface area contributed by atoms with Gasteiger partial charge in [-0.1, -0.05) is 30.3 Å². The fourth-order valence-corrected chi connectivity index (χ4v) is 1.31. The summed E-state index contributed by atoms with van der Waals surface area (Å²) in [5, 5.41) is 0. The molecule has 0 fully saturated rings. The van der Waals surface area contributed by atoms with Crippen LogP contribution in [0.1, 0.15) is 26.3 Å². The zero-order chi connectivity index (χ0) is 13.1. The molecule has 4 heteroatoms. The van der Waals surface area contributed by atoms with Crippen molar-refractivity contribution >= 4 is 12.3 Å². The lowest BCUT2D eigenvalue weighted by Gasteiger charge is -2.27. The van der Waals surface area contributed by atoms with Crippen LogP contribution in [0.2, 0.25) is 0 Å². The SMILES string of the molecule is CC(C)(C)OC(=O)[C@](N)(C=O)c1ccccc1. The van der Waals surface area contributed by atoms with E-state index in [1.54, 1.807) is 51.1 Å². The van der Waals surface area contributed by atoms with Crippen molar-refractivity contribution in [2.75, 3.05) is 0 Å². The van der Waals surface area contributed by atoms with Gasteiger partial charge in [0.25, 0.3) is 0 Å². The minimum atomic E-state index is -1.74. The normalized spacial score (nSPS) is 14.8. The molecule has 0 heterocycles. The van der Waals surface area contributed by atoms with E-state index in [0.29, 0.717) is 11.8 Å². The summed E-state index contributed by atoms with van der Waals surface area (Å²) in [6, 6.07) is 8.45. The van der Waals surface area contributed by atoms with E-state index in [1.165, 1.54) is 0 Å². The third kappa shape index (κ3) is 3.14. The number of hydrogen-bond donors (Lipinski definition) is 1. The quantitative estimate of drug-likeness (QED) is 0.488. The maximum atomic E-state index is 11.9. The number of ether oxygens (including phenoxy) is 1. The summed E-state index contributed by atoms with van der Waals surface area (Å²) >= 11 is 0. The number of esters is 1. The van der Waals surface area contributed by atoms with Gasteiger partial charge < -0.3 is 15.3 Å². The molecule has 1 aromatic rings. The zero-order valence-corrected chi connectivity index (χ0v) is 10.3. The van der Waals surface area contributed by atoms with E-state index in [2.05, 4.69) is 0 Å². The van der Waals surface area contributed by atoms with Crippen molar-refractivity contribution in [1.29, 1.82) is 0 Å². The monoisotopic (exact) mass is 235 g/mol. The smallest absolute Gasteiger partial charge is 0.338 e. The van der Waals surface area contributed by atoms with Crippen molar-refractivity contribution < 1.29 is 14.3 Å². The molecular weight excluding hydrogens is 218 g/mol. The van der Waals surface area contributed by atoms with Crippen molar-refractivity contribution in [3.8, 4) is 0 Å². The lowest BCUT2D eigenvalue weighted by Crippen LogP contribution is -2.49. The Morgan fingerprint density at radius 2 is 1.76 bits per heavy atom. The largest absolute Gasteiger partial charge is 0.458 e. The van der Waals surface area contributed by atoms with Gasteiger partial charge in [0.1, 0.15) is 5.60 Å². The predicted molar refractivity (Wildman–Crippen MR) is 64.2 cm³/mol. The van der Waals surface area contributed by atoms with Gasteiger partial charge in [-0.25, -0.2) is 4.79 Å². The van der Waals surface area contributed by atoms with Gasteiger partial charge in [0.15, 0.2) is 11.8 Å². The van der Waals surface area contributed by atoms with Crippen LogP contribution in [0.3, 0.4) is 0 Å². The molecule has 0 aliphatic rings. The molecule has 0 aromatic heterocycles. The maximum absolute atomic E-state index is 11.9. The molecule has 0 bridgehead atoms. The van der Waals surface area contributed by atoms with Crippen LogP contribution >= 0.6 is 0 Å². The third-order valence-corrected chi connectivity index (χ3v) is 2.17. The van der Waals surface area contributed by atoms with Gasteiger partial charge in [-0.2, -0.15) is 0 Å². The van der Waals surface area contributed by atoms with Gasteiger partial charge in [-0.15, -0.1) is 0 Å². The van der Waals surface area contributed by atoms with E-state index in [1.807, 2.05) is 0 Å². The molecule has 0 radical (unpaired) electrons. The summed E-state index contributed by atoms with van der Waals surface area (Å²) < 4.78 is 5.15. The highest BCUT2D eigenvalue weighted by atomic mass is 16.6. The average molecular weight is 235 g/mol. The lowest BCUT2D eigenvalue weighted by atomic mass is 9.92. The number of nitrogens with two attached hydrogens (primary N) is 1. The third-order valence-electron chi connectivity index (χ3n) is 2.17. The molecule has 0 aliphatic heterocycles. The van der Waals surface area contributed by atoms with Crippen LogP contribution in [0.25, 0.3) is 0 Å². The molecule has 0 unspecified atom stereocenters. The van der Waals surface area contributed by atoms with Crippen molar-refractivity contribution in [3.63, 3.8) is 0 Å². The number of carbonyl (C=O) groups excluding carboxylic acids is 2. The fraction of sp³-hybridized carbons (Fsp3) is 0.385. The number of aldehydes is 1. The molecule has 0 saturated carbocycles. The van der Waals surface area contributed by atoms with Crippen LogP contribution in [0, 0.1) is 0 Å². The Labute approximate surface area is 101 Å². The second-order valence-corrected chi connectivity index (χ2v) is 4.85. The molecule has 0 amide bonds. The van der Waals surface area contributed by atoms with E-state index in [9.17, 15) is 9.59 Å². The Morgan fingerprint density at radius 3 is 2.18 bits per heavy atom. The van der Waals surface area contributed by atoms with Crippen LogP contribution in [0.4, 0.5) is 0 Å². The van der Waals surface area contributed by atoms with Crippen molar-refractivity contribution in [1.82, 2.24) is 0 Å². The van der Waals surface area contributed by atoms with Crippen LogP contribution in [-0.2, 0) is 19.9 Å². The van der Waals surface area contributed by atoms with Crippen molar-refractivity contribution in [2.24, 2.45) is 5.73 Å². The number of rotatable bonds is 3. The van der Waals surface area contributed by atoms with Gasteiger partial charge in [0, 0.05) is 0 Å². The van der Waals surface area contributed by atoms with Crippen LogP contribution in [-0.4, -0.2) is 17.9 Å². The molecule has 4 nitrogen and oxygen atoms in total. The van der Waals surface area contributed by atoms with E-state index >= 15 is 0 Å². The first-order valence-corrected chi connectivity index (χ1v) is 5.34. The first kappa shape index (κ1) is 13.4. The molecule has 1 rings (SSSR count). The highest BCUT2D eigenvalue weighted by molar-refractivity contribution is 5.99. The van der Waals surface area contributed by atoms with Gasteiger partial charge in [0.05, 0.1) is 0 Å². The van der Waals surface area contributed by atoms with Gasteiger partial charge in [-0.3, -0.25) is 0 Å². The van der Waals surface area contributed by atoms with Crippen LogP contribution in [0.15, 0.2) is 30.3 Å². The summed E-state index contributed by atoms with van der Waals surface area (Å²) in [6.45, 7) is 5.17. The first-order valence-electron chi connectivity index (χ1n) is 5.34. The Hall–Kier alpha value is -1.68. The molecule has 1 atom stereocenters. The molecule has 0 spiro atoms. The molecule has 0 aliphatic carbocycles. The Morgan fingerprint density at radius 1 is 1.24 bits per heavy atom. The van der Waals surface area contributed by atoms with E-state index < -0.39 is 17.1 Å². The summed E-state index contributed by atoms with van der Waals surface area (Å²) in [5.41, 5.74) is 3.82. The minimum absolute atomic E-state index is 0.413. The highest BCUT2D eigenvalue weighted by Gasteiger charge is 2.39. The topological polar surface area (TPSA) is 69.4 Å². The van der Waals surface area contributed by atoms with E-state index in [-0.39, 0.29) is 0 Å². The van der Waals surface area contributed by atoms with Crippen molar-refractivity contribution in [2.45, 2.75) is 31.9 Å². The maximum Gasteiger partial charge on any atom is 0.338 e. The average Bonchev–Trinajstić information content (AvgIpc) is 2.27. The Kier molecular flexibility index (Phi) is 3.68. The Balaban J connectivity index is 3.05. The fourth-order valence-electron chi connectivity index (χ4n) is 1.31. The highest BCUT2D eigenvalue weighted by Crippen LogP contribution is 2.20. The molecule has 17 heavy (non-hydrogen) atoms. The number of benzene rings is 1. The standard InChI is InChI=1S/C13H17NO3/c1-12(2,3)17-11(16)13(14,9-15)10-7-5-4-6-8-10/h4-9H,14H2,1-3H3/t13-/m0/s1. The first-order chi connectivity index (χ1) is 7.79. The van der Waals surface area contributed by atoms with Crippen LogP contribution in [0.5, 0.6) is 0 Å². The molecule has 0 saturated heterocycles. The summed E-state index contributed by atoms with van der Waals surface area (Å²) in [7, 11) is 0. The lowest BCUT2D eigenvalue weighted by molar-refractivity contribution is -0.162. The van der Waals surface area contributed by atoms with E-state index in [4.69, 9.17) is 10.5 Å². The minimum Gasteiger partial charge on any atom is -0.458 e. The molecule has 2 N–H and O–H groups in total. The number of carbonyl (C=O) groups is 2. The summed E-state index contributed by atoms with van der Waals surface area (Å²) in [5.74, 6) is -0.744. The molecule has 1 aromatic carbocycles. The summed E-state index contributed by atoms with van der Waals surface area (Å²) in [6.07, 6.45) is 0.413. The molecular formula is C13H17NO3. The zero-order valence-electron chi connectivity index (χ0n) is 10.3. The number of hydrogen-bond acceptors (Lipinski definition) is 4. The van der Waals surface area contributed by atoms with Crippen LogP contribution < -0.4 is 5.73 Å².